The molecule has 6 aromatic carbocycles. The molecular weight excluding hydrogens is 631 g/mol. The van der Waals surface area contributed by atoms with Crippen LogP contribution in [0.2, 0.25) is 0 Å². The molecule has 10 rings (SSSR count). The van der Waals surface area contributed by atoms with Crippen molar-refractivity contribution in [3.8, 4) is 67.3 Å². The Balaban J connectivity index is 1.21. The number of hydrogen-bond acceptors (Lipinski definition) is 3. The SMILES string of the molecule is Cc1cnc(-c2ccc3c(c2)C2(c4ccccc4-c4ccc(-c5nc(C)cc(-c6ccccc6-c6ccccc6)n5)cc42)c2ccccc2-3)c(C)c1. The fraction of sp³-hybridized carbons (Fsp3) is 0.0816. The Labute approximate surface area is 304 Å². The van der Waals surface area contributed by atoms with Crippen LogP contribution in [0.1, 0.15) is 39.1 Å². The van der Waals surface area contributed by atoms with Gasteiger partial charge in [0.15, 0.2) is 5.82 Å². The van der Waals surface area contributed by atoms with E-state index in [0.29, 0.717) is 0 Å². The minimum Gasteiger partial charge on any atom is -0.256 e. The van der Waals surface area contributed by atoms with E-state index in [1.54, 1.807) is 0 Å². The number of benzene rings is 6. The number of rotatable bonds is 4. The molecule has 3 nitrogen and oxygen atoms in total. The first kappa shape index (κ1) is 30.4. The predicted octanol–water partition coefficient (Wildman–Crippen LogP) is 11.8. The predicted molar refractivity (Wildman–Crippen MR) is 212 cm³/mol. The highest BCUT2D eigenvalue weighted by molar-refractivity contribution is 5.96. The summed E-state index contributed by atoms with van der Waals surface area (Å²) in [5.41, 5.74) is 20.5. The van der Waals surface area contributed by atoms with Crippen molar-refractivity contribution >= 4 is 0 Å². The summed E-state index contributed by atoms with van der Waals surface area (Å²) in [4.78, 5) is 15.3. The van der Waals surface area contributed by atoms with Crippen LogP contribution < -0.4 is 0 Å². The molecule has 246 valence electrons. The fourth-order valence-electron chi connectivity index (χ4n) is 8.85. The van der Waals surface area contributed by atoms with E-state index in [2.05, 4.69) is 172 Å². The maximum absolute atomic E-state index is 5.29. The van der Waals surface area contributed by atoms with Crippen LogP contribution in [0.4, 0.5) is 0 Å². The summed E-state index contributed by atoms with van der Waals surface area (Å²) in [6.07, 6.45) is 1.97. The number of hydrogen-bond donors (Lipinski definition) is 0. The number of nitrogens with zero attached hydrogens (tertiary/aromatic N) is 3. The van der Waals surface area contributed by atoms with Crippen LogP contribution in [0.5, 0.6) is 0 Å². The minimum absolute atomic E-state index is 0.505. The molecular formula is C49H35N3. The molecule has 0 saturated carbocycles. The van der Waals surface area contributed by atoms with Crippen molar-refractivity contribution in [3.63, 3.8) is 0 Å². The third-order valence-electron chi connectivity index (χ3n) is 11.0. The monoisotopic (exact) mass is 665 g/mol. The molecule has 2 aliphatic rings. The molecule has 52 heavy (non-hydrogen) atoms. The largest absolute Gasteiger partial charge is 0.256 e. The van der Waals surface area contributed by atoms with Crippen LogP contribution in [-0.2, 0) is 5.41 Å². The van der Waals surface area contributed by atoms with Crippen LogP contribution in [0, 0.1) is 20.8 Å². The van der Waals surface area contributed by atoms with E-state index in [9.17, 15) is 0 Å². The molecule has 0 saturated heterocycles. The van der Waals surface area contributed by atoms with Crippen LogP contribution in [0.3, 0.4) is 0 Å². The average Bonchev–Trinajstić information content (AvgIpc) is 3.64. The molecule has 3 heteroatoms. The summed E-state index contributed by atoms with van der Waals surface area (Å²) in [6, 6.07) is 55.1. The molecule has 1 unspecified atom stereocenters. The van der Waals surface area contributed by atoms with E-state index in [-0.39, 0.29) is 0 Å². The maximum Gasteiger partial charge on any atom is 0.160 e. The smallest absolute Gasteiger partial charge is 0.160 e. The Morgan fingerprint density at radius 3 is 1.65 bits per heavy atom. The lowest BCUT2D eigenvalue weighted by Gasteiger charge is -2.31. The fourth-order valence-corrected chi connectivity index (χ4v) is 8.85. The van der Waals surface area contributed by atoms with Gasteiger partial charge in [0.1, 0.15) is 0 Å². The summed E-state index contributed by atoms with van der Waals surface area (Å²) in [6.45, 7) is 6.33. The second-order valence-electron chi connectivity index (χ2n) is 14.2. The van der Waals surface area contributed by atoms with Gasteiger partial charge in [-0.25, -0.2) is 9.97 Å². The zero-order valence-electron chi connectivity index (χ0n) is 29.4. The second-order valence-corrected chi connectivity index (χ2v) is 14.2. The van der Waals surface area contributed by atoms with Crippen molar-refractivity contribution < 1.29 is 0 Å². The van der Waals surface area contributed by atoms with Gasteiger partial charge in [-0.15, -0.1) is 0 Å². The first-order chi connectivity index (χ1) is 25.5. The standard InChI is InChI=1S/C49H35N3/c1-30-25-31(2)47(50-29-30)34-21-23-39-37-16-9-11-19-42(37)49(44(39)27-34)43-20-12-10-17-38(43)40-24-22-35(28-45(40)49)48-51-32(3)26-46(52-48)41-18-8-7-15-36(41)33-13-5-4-6-14-33/h4-29H,1-3H3. The van der Waals surface area contributed by atoms with Gasteiger partial charge in [-0.2, -0.15) is 0 Å². The highest BCUT2D eigenvalue weighted by atomic mass is 14.9. The number of pyridine rings is 1. The zero-order valence-corrected chi connectivity index (χ0v) is 29.4. The van der Waals surface area contributed by atoms with Gasteiger partial charge in [0.05, 0.1) is 16.8 Å². The quantitative estimate of drug-likeness (QED) is 0.188. The highest BCUT2D eigenvalue weighted by Gasteiger charge is 2.51. The molecule has 2 heterocycles. The van der Waals surface area contributed by atoms with Gasteiger partial charge < -0.3 is 0 Å². The van der Waals surface area contributed by atoms with Crippen molar-refractivity contribution in [3.05, 3.63) is 197 Å². The Morgan fingerprint density at radius 1 is 0.423 bits per heavy atom. The van der Waals surface area contributed by atoms with E-state index in [1.165, 1.54) is 61.2 Å². The van der Waals surface area contributed by atoms with Gasteiger partial charge in [0, 0.05) is 28.6 Å². The first-order valence-electron chi connectivity index (χ1n) is 17.9. The van der Waals surface area contributed by atoms with Crippen molar-refractivity contribution in [2.45, 2.75) is 26.2 Å². The summed E-state index contributed by atoms with van der Waals surface area (Å²) < 4.78 is 0. The van der Waals surface area contributed by atoms with E-state index in [4.69, 9.17) is 15.0 Å². The summed E-state index contributed by atoms with van der Waals surface area (Å²) in [5, 5.41) is 0. The second kappa shape index (κ2) is 11.5. The molecule has 1 spiro atoms. The molecule has 8 aromatic rings. The molecule has 0 amide bonds. The highest BCUT2D eigenvalue weighted by Crippen LogP contribution is 2.63. The topological polar surface area (TPSA) is 38.7 Å². The summed E-state index contributed by atoms with van der Waals surface area (Å²) in [7, 11) is 0. The lowest BCUT2D eigenvalue weighted by Crippen LogP contribution is -2.26. The number of aryl methyl sites for hydroxylation is 3. The summed E-state index contributed by atoms with van der Waals surface area (Å²) >= 11 is 0. The maximum atomic E-state index is 5.29. The minimum atomic E-state index is -0.505. The zero-order chi connectivity index (χ0) is 35.0. The molecule has 0 N–H and O–H groups in total. The molecule has 0 aliphatic heterocycles. The Morgan fingerprint density at radius 2 is 0.981 bits per heavy atom. The van der Waals surface area contributed by atoms with E-state index in [0.717, 1.165) is 45.2 Å². The molecule has 1 atom stereocenters. The lowest BCUT2D eigenvalue weighted by molar-refractivity contribution is 0.794. The number of aromatic nitrogens is 3. The molecule has 0 fully saturated rings. The van der Waals surface area contributed by atoms with Gasteiger partial charge in [-0.1, -0.05) is 133 Å². The lowest BCUT2D eigenvalue weighted by atomic mass is 9.70. The van der Waals surface area contributed by atoms with Crippen LogP contribution in [-0.4, -0.2) is 15.0 Å². The Bertz CT molecular complexity index is 2710. The molecule has 0 bridgehead atoms. The molecule has 2 aliphatic carbocycles. The Hall–Kier alpha value is -6.45. The van der Waals surface area contributed by atoms with Gasteiger partial charge in [0.25, 0.3) is 0 Å². The average molecular weight is 666 g/mol. The van der Waals surface area contributed by atoms with Gasteiger partial charge in [0.2, 0.25) is 0 Å². The third-order valence-corrected chi connectivity index (χ3v) is 11.0. The third kappa shape index (κ3) is 4.42. The van der Waals surface area contributed by atoms with Gasteiger partial charge in [-0.3, -0.25) is 4.98 Å². The van der Waals surface area contributed by atoms with E-state index in [1.807, 2.05) is 6.20 Å². The van der Waals surface area contributed by atoms with E-state index >= 15 is 0 Å². The van der Waals surface area contributed by atoms with Crippen molar-refractivity contribution in [1.82, 2.24) is 15.0 Å². The molecule has 0 radical (unpaired) electrons. The normalized spacial score (nSPS) is 14.9. The van der Waals surface area contributed by atoms with Crippen LogP contribution in [0.25, 0.3) is 67.3 Å². The van der Waals surface area contributed by atoms with Crippen molar-refractivity contribution in [1.29, 1.82) is 0 Å². The Kier molecular flexibility index (Phi) is 6.74. The van der Waals surface area contributed by atoms with Crippen molar-refractivity contribution in [2.75, 3.05) is 0 Å². The van der Waals surface area contributed by atoms with Crippen LogP contribution >= 0.6 is 0 Å². The van der Waals surface area contributed by atoms with Gasteiger partial charge >= 0.3 is 0 Å². The summed E-state index contributed by atoms with van der Waals surface area (Å²) in [5.74, 6) is 0.728. The first-order valence-corrected chi connectivity index (χ1v) is 17.9. The van der Waals surface area contributed by atoms with E-state index < -0.39 is 5.41 Å². The van der Waals surface area contributed by atoms with Crippen molar-refractivity contribution in [2.24, 2.45) is 0 Å². The number of fused-ring (bicyclic) bond motifs is 10. The van der Waals surface area contributed by atoms with Crippen LogP contribution in [0.15, 0.2) is 158 Å². The van der Waals surface area contributed by atoms with Gasteiger partial charge in [-0.05, 0) is 106 Å². The molecule has 2 aromatic heterocycles.